The van der Waals surface area contributed by atoms with Gasteiger partial charge in [0.25, 0.3) is 5.91 Å². The Hall–Kier alpha value is -2.04. The summed E-state index contributed by atoms with van der Waals surface area (Å²) in [6, 6.07) is 5.90. The first-order valence-electron chi connectivity index (χ1n) is 8.23. The lowest BCUT2D eigenvalue weighted by Gasteiger charge is -2.28. The zero-order chi connectivity index (χ0) is 14.9. The number of likely N-dealkylation sites (tertiary alicyclic amines) is 1. The van der Waals surface area contributed by atoms with E-state index in [4.69, 9.17) is 4.42 Å². The number of aromatic amines is 1. The predicted molar refractivity (Wildman–Crippen MR) is 82.3 cm³/mol. The van der Waals surface area contributed by atoms with E-state index in [0.29, 0.717) is 23.4 Å². The Labute approximate surface area is 129 Å². The molecule has 4 rings (SSSR count). The van der Waals surface area contributed by atoms with E-state index in [1.165, 1.54) is 25.7 Å². The van der Waals surface area contributed by atoms with Crippen LogP contribution in [0.2, 0.25) is 0 Å². The number of nitrogens with zero attached hydrogens (tertiary/aromatic N) is 2. The van der Waals surface area contributed by atoms with E-state index in [1.54, 1.807) is 12.3 Å². The van der Waals surface area contributed by atoms with Gasteiger partial charge in [0.05, 0.1) is 6.26 Å². The van der Waals surface area contributed by atoms with Gasteiger partial charge in [0.2, 0.25) is 0 Å². The Bertz CT molecular complexity index is 641. The lowest BCUT2D eigenvalue weighted by atomic mass is 9.96. The number of hydrogen-bond acceptors (Lipinski definition) is 3. The Morgan fingerprint density at radius 1 is 1.27 bits per heavy atom. The highest BCUT2D eigenvalue weighted by molar-refractivity contribution is 5.93. The van der Waals surface area contributed by atoms with Crippen LogP contribution >= 0.6 is 0 Å². The number of furan rings is 1. The first-order chi connectivity index (χ1) is 10.8. The largest absolute Gasteiger partial charge is 0.463 e. The van der Waals surface area contributed by atoms with Gasteiger partial charge in [-0.15, -0.1) is 0 Å². The van der Waals surface area contributed by atoms with Crippen LogP contribution in [0.25, 0.3) is 11.5 Å². The van der Waals surface area contributed by atoms with Gasteiger partial charge >= 0.3 is 0 Å². The van der Waals surface area contributed by atoms with Gasteiger partial charge in [0, 0.05) is 18.7 Å². The second-order valence-corrected chi connectivity index (χ2v) is 6.40. The number of carbonyl (C=O) groups excluding carboxylic acids is 1. The monoisotopic (exact) mass is 299 g/mol. The SMILES string of the molecule is O=C(c1cc(-c2ccco2)[nH]n1)N1CCC[C@H]1C1CCCC1. The number of hydrogen-bond donors (Lipinski definition) is 1. The van der Waals surface area contributed by atoms with Crippen LogP contribution in [-0.2, 0) is 0 Å². The maximum absolute atomic E-state index is 12.8. The molecule has 22 heavy (non-hydrogen) atoms. The smallest absolute Gasteiger partial charge is 0.274 e. The molecule has 0 bridgehead atoms. The summed E-state index contributed by atoms with van der Waals surface area (Å²) < 4.78 is 5.34. The van der Waals surface area contributed by atoms with Gasteiger partial charge in [-0.05, 0) is 43.7 Å². The van der Waals surface area contributed by atoms with Crippen molar-refractivity contribution in [2.45, 2.75) is 44.6 Å². The molecule has 0 aromatic carbocycles. The van der Waals surface area contributed by atoms with Gasteiger partial charge in [0.15, 0.2) is 11.5 Å². The van der Waals surface area contributed by atoms with E-state index < -0.39 is 0 Å². The van der Waals surface area contributed by atoms with Crippen LogP contribution in [0.3, 0.4) is 0 Å². The molecule has 0 radical (unpaired) electrons. The summed E-state index contributed by atoms with van der Waals surface area (Å²) in [6.07, 6.45) is 9.05. The second-order valence-electron chi connectivity index (χ2n) is 6.40. The van der Waals surface area contributed by atoms with Crippen LogP contribution in [0.1, 0.15) is 49.0 Å². The fourth-order valence-electron chi connectivity index (χ4n) is 4.01. The maximum Gasteiger partial charge on any atom is 0.274 e. The molecule has 1 aliphatic heterocycles. The summed E-state index contributed by atoms with van der Waals surface area (Å²) in [6.45, 7) is 0.864. The normalized spacial score (nSPS) is 22.5. The zero-order valence-electron chi connectivity index (χ0n) is 12.6. The van der Waals surface area contributed by atoms with Gasteiger partial charge < -0.3 is 9.32 Å². The standard InChI is InChI=1S/C17H21N3O2/c21-17(14-11-13(18-19-14)16-8-4-10-22-16)20-9-3-7-15(20)12-5-1-2-6-12/h4,8,10-12,15H,1-3,5-7,9H2,(H,18,19)/t15-/m0/s1. The van der Waals surface area contributed by atoms with E-state index in [9.17, 15) is 4.79 Å². The topological polar surface area (TPSA) is 62.1 Å². The Balaban J connectivity index is 1.53. The molecule has 2 aliphatic rings. The maximum atomic E-state index is 12.8. The lowest BCUT2D eigenvalue weighted by molar-refractivity contribution is 0.0683. The van der Waals surface area contributed by atoms with Gasteiger partial charge in [-0.1, -0.05) is 12.8 Å². The lowest BCUT2D eigenvalue weighted by Crippen LogP contribution is -2.39. The summed E-state index contributed by atoms with van der Waals surface area (Å²) in [7, 11) is 0. The molecule has 1 saturated carbocycles. The molecule has 1 atom stereocenters. The summed E-state index contributed by atoms with van der Waals surface area (Å²) in [5, 5.41) is 7.11. The molecule has 5 nitrogen and oxygen atoms in total. The van der Waals surface area contributed by atoms with Crippen molar-refractivity contribution in [3.05, 3.63) is 30.2 Å². The van der Waals surface area contributed by atoms with E-state index in [-0.39, 0.29) is 5.91 Å². The number of amides is 1. The van der Waals surface area contributed by atoms with E-state index in [2.05, 4.69) is 15.1 Å². The van der Waals surface area contributed by atoms with Crippen LogP contribution in [0.4, 0.5) is 0 Å². The minimum atomic E-state index is 0.0588. The van der Waals surface area contributed by atoms with Crippen molar-refractivity contribution < 1.29 is 9.21 Å². The molecule has 1 aliphatic carbocycles. The van der Waals surface area contributed by atoms with Gasteiger partial charge in [-0.25, -0.2) is 0 Å². The third kappa shape index (κ3) is 2.34. The summed E-state index contributed by atoms with van der Waals surface area (Å²) in [4.78, 5) is 14.9. The fourth-order valence-corrected chi connectivity index (χ4v) is 4.01. The molecule has 1 saturated heterocycles. The molecule has 2 fully saturated rings. The van der Waals surface area contributed by atoms with E-state index >= 15 is 0 Å². The molecule has 116 valence electrons. The highest BCUT2D eigenvalue weighted by Crippen LogP contribution is 2.36. The summed E-state index contributed by atoms with van der Waals surface area (Å²) >= 11 is 0. The molecule has 5 heteroatoms. The minimum absolute atomic E-state index is 0.0588. The highest BCUT2D eigenvalue weighted by Gasteiger charge is 2.36. The highest BCUT2D eigenvalue weighted by atomic mass is 16.3. The van der Waals surface area contributed by atoms with E-state index in [1.807, 2.05) is 12.1 Å². The number of carbonyl (C=O) groups is 1. The molecule has 1 amide bonds. The average molecular weight is 299 g/mol. The van der Waals surface area contributed by atoms with Crippen LogP contribution in [0.15, 0.2) is 28.9 Å². The second kappa shape index (κ2) is 5.63. The molecule has 2 aromatic heterocycles. The Kier molecular flexibility index (Phi) is 3.48. The third-order valence-electron chi connectivity index (χ3n) is 5.09. The number of rotatable bonds is 3. The van der Waals surface area contributed by atoms with E-state index in [0.717, 1.165) is 25.1 Å². The fraction of sp³-hybridized carbons (Fsp3) is 0.529. The van der Waals surface area contributed by atoms with Gasteiger partial charge in [0.1, 0.15) is 5.69 Å². The number of aromatic nitrogens is 2. The van der Waals surface area contributed by atoms with Crippen LogP contribution in [-0.4, -0.2) is 33.6 Å². The summed E-state index contributed by atoms with van der Waals surface area (Å²) in [5.41, 5.74) is 1.25. The van der Waals surface area contributed by atoms with Gasteiger partial charge in [-0.3, -0.25) is 9.89 Å². The molecular weight excluding hydrogens is 278 g/mol. The van der Waals surface area contributed by atoms with Crippen molar-refractivity contribution >= 4 is 5.91 Å². The van der Waals surface area contributed by atoms with Gasteiger partial charge in [-0.2, -0.15) is 5.10 Å². The first kappa shape index (κ1) is 13.6. The molecule has 1 N–H and O–H groups in total. The van der Waals surface area contributed by atoms with Crippen molar-refractivity contribution in [2.75, 3.05) is 6.54 Å². The summed E-state index contributed by atoms with van der Waals surface area (Å²) in [5.74, 6) is 1.46. The molecule has 3 heterocycles. The quantitative estimate of drug-likeness (QED) is 0.944. The zero-order valence-corrected chi connectivity index (χ0v) is 12.6. The first-order valence-corrected chi connectivity index (χ1v) is 8.23. The predicted octanol–water partition coefficient (Wildman–Crippen LogP) is 3.46. The van der Waals surface area contributed by atoms with Crippen molar-refractivity contribution in [3.63, 3.8) is 0 Å². The van der Waals surface area contributed by atoms with Crippen LogP contribution in [0, 0.1) is 5.92 Å². The molecule has 0 spiro atoms. The van der Waals surface area contributed by atoms with Crippen molar-refractivity contribution in [1.82, 2.24) is 15.1 Å². The Morgan fingerprint density at radius 2 is 2.14 bits per heavy atom. The van der Waals surface area contributed by atoms with Crippen LogP contribution in [0.5, 0.6) is 0 Å². The minimum Gasteiger partial charge on any atom is -0.463 e. The van der Waals surface area contributed by atoms with Crippen molar-refractivity contribution in [3.8, 4) is 11.5 Å². The van der Waals surface area contributed by atoms with Crippen molar-refractivity contribution in [1.29, 1.82) is 0 Å². The average Bonchev–Trinajstić information content (AvgIpc) is 3.35. The molecular formula is C17H21N3O2. The number of H-pyrrole nitrogens is 1. The van der Waals surface area contributed by atoms with Crippen LogP contribution < -0.4 is 0 Å². The molecule has 0 unspecified atom stereocenters. The number of nitrogens with one attached hydrogen (secondary N) is 1. The molecule has 2 aromatic rings. The van der Waals surface area contributed by atoms with Crippen molar-refractivity contribution in [2.24, 2.45) is 5.92 Å². The Morgan fingerprint density at radius 3 is 2.91 bits per heavy atom. The third-order valence-corrected chi connectivity index (χ3v) is 5.09.